The van der Waals surface area contributed by atoms with Crippen LogP contribution in [0.25, 0.3) is 0 Å². The fourth-order valence-electron chi connectivity index (χ4n) is 2.38. The SMILES string of the molecule is C[C@@H](N/C(C=O)=C(/C=O)Nc1cccc(C(=O)N(C)C)c1O)c1cccs1. The Morgan fingerprint density at radius 3 is 2.41 bits per heavy atom. The second-order valence-electron chi connectivity index (χ2n) is 5.97. The summed E-state index contributed by atoms with van der Waals surface area (Å²) >= 11 is 1.53. The van der Waals surface area contributed by atoms with Crippen LogP contribution in [0, 0.1) is 0 Å². The van der Waals surface area contributed by atoms with E-state index in [2.05, 4.69) is 10.6 Å². The largest absolute Gasteiger partial charge is 0.505 e. The number of aromatic hydroxyl groups is 1. The zero-order valence-corrected chi connectivity index (χ0v) is 16.0. The lowest BCUT2D eigenvalue weighted by Gasteiger charge is -2.17. The number of carbonyl (C=O) groups is 3. The van der Waals surface area contributed by atoms with Crippen molar-refractivity contribution in [2.24, 2.45) is 0 Å². The van der Waals surface area contributed by atoms with Crippen molar-refractivity contribution in [3.05, 3.63) is 57.5 Å². The van der Waals surface area contributed by atoms with Gasteiger partial charge in [-0.1, -0.05) is 12.1 Å². The van der Waals surface area contributed by atoms with Crippen LogP contribution in [-0.4, -0.2) is 42.6 Å². The fraction of sp³-hybridized carbons (Fsp3) is 0.211. The molecule has 2 aromatic rings. The van der Waals surface area contributed by atoms with Gasteiger partial charge in [-0.2, -0.15) is 0 Å². The minimum Gasteiger partial charge on any atom is -0.505 e. The fourth-order valence-corrected chi connectivity index (χ4v) is 3.11. The number of benzene rings is 1. The lowest BCUT2D eigenvalue weighted by Crippen LogP contribution is -2.23. The van der Waals surface area contributed by atoms with Crippen molar-refractivity contribution in [1.82, 2.24) is 10.2 Å². The standard InChI is InChI=1S/C19H21N3O4S/c1-12(17-8-5-9-27-17)20-15(10-23)16(11-24)21-14-7-4-6-13(18(14)25)19(26)22(2)3/h4-12,20-21,25H,1-3H3/b16-15-/t12-/m1/s1. The smallest absolute Gasteiger partial charge is 0.257 e. The van der Waals surface area contributed by atoms with Crippen LogP contribution in [0.1, 0.15) is 28.2 Å². The molecule has 2 rings (SSSR count). The predicted octanol–water partition coefficient (Wildman–Crippen LogP) is 2.53. The van der Waals surface area contributed by atoms with E-state index in [0.717, 1.165) is 4.88 Å². The summed E-state index contributed by atoms with van der Waals surface area (Å²) in [5, 5.41) is 18.0. The molecular formula is C19H21N3O4S. The van der Waals surface area contributed by atoms with E-state index in [-0.39, 0.29) is 40.3 Å². The molecule has 0 aliphatic heterocycles. The molecule has 0 spiro atoms. The van der Waals surface area contributed by atoms with Crippen molar-refractivity contribution in [2.45, 2.75) is 13.0 Å². The van der Waals surface area contributed by atoms with E-state index in [0.29, 0.717) is 12.6 Å². The molecule has 8 heteroatoms. The molecule has 1 aromatic carbocycles. The lowest BCUT2D eigenvalue weighted by molar-refractivity contribution is -0.107. The first-order valence-electron chi connectivity index (χ1n) is 8.14. The number of thiophene rings is 1. The Morgan fingerprint density at radius 1 is 1.15 bits per heavy atom. The van der Waals surface area contributed by atoms with Gasteiger partial charge in [-0.15, -0.1) is 11.3 Å². The zero-order chi connectivity index (χ0) is 20.0. The van der Waals surface area contributed by atoms with Gasteiger partial charge in [0.05, 0.1) is 17.3 Å². The van der Waals surface area contributed by atoms with Crippen LogP contribution < -0.4 is 10.6 Å². The number of phenolic OH excluding ortho intramolecular Hbond substituents is 1. The number of allylic oxidation sites excluding steroid dienone is 2. The Balaban J connectivity index is 2.33. The highest BCUT2D eigenvalue weighted by Gasteiger charge is 2.18. The van der Waals surface area contributed by atoms with Crippen LogP contribution >= 0.6 is 11.3 Å². The zero-order valence-electron chi connectivity index (χ0n) is 15.2. The number of phenols is 1. The minimum absolute atomic E-state index is 0.0434. The summed E-state index contributed by atoms with van der Waals surface area (Å²) in [6, 6.07) is 8.19. The maximum atomic E-state index is 12.1. The number of amides is 1. The van der Waals surface area contributed by atoms with Gasteiger partial charge < -0.3 is 20.6 Å². The maximum Gasteiger partial charge on any atom is 0.257 e. The molecule has 142 valence electrons. The first-order chi connectivity index (χ1) is 12.9. The Labute approximate surface area is 161 Å². The van der Waals surface area contributed by atoms with Gasteiger partial charge in [-0.3, -0.25) is 14.4 Å². The molecule has 0 fully saturated rings. The average Bonchev–Trinajstić information content (AvgIpc) is 3.19. The van der Waals surface area contributed by atoms with Gasteiger partial charge in [-0.05, 0) is 30.5 Å². The number of rotatable bonds is 8. The minimum atomic E-state index is -0.382. The van der Waals surface area contributed by atoms with Crippen molar-refractivity contribution in [3.63, 3.8) is 0 Å². The number of carbonyl (C=O) groups excluding carboxylic acids is 3. The molecule has 0 unspecified atom stereocenters. The summed E-state index contributed by atoms with van der Waals surface area (Å²) in [5.41, 5.74) is 0.241. The Morgan fingerprint density at radius 2 is 1.85 bits per heavy atom. The summed E-state index contributed by atoms with van der Waals surface area (Å²) in [6.45, 7) is 1.87. The van der Waals surface area contributed by atoms with Crippen molar-refractivity contribution in [2.75, 3.05) is 19.4 Å². The quantitative estimate of drug-likeness (QED) is 0.366. The molecule has 1 aromatic heterocycles. The van der Waals surface area contributed by atoms with Gasteiger partial charge >= 0.3 is 0 Å². The maximum absolute atomic E-state index is 12.1. The van der Waals surface area contributed by atoms with E-state index in [1.54, 1.807) is 20.2 Å². The first kappa shape index (κ1) is 20.2. The number of nitrogens with one attached hydrogen (secondary N) is 2. The highest BCUT2D eigenvalue weighted by molar-refractivity contribution is 7.10. The third-order valence-corrected chi connectivity index (χ3v) is 4.86. The monoisotopic (exact) mass is 387 g/mol. The van der Waals surface area contributed by atoms with Crippen LogP contribution in [0.4, 0.5) is 5.69 Å². The molecule has 0 aliphatic rings. The summed E-state index contributed by atoms with van der Waals surface area (Å²) in [7, 11) is 3.14. The molecule has 0 saturated heterocycles. The molecule has 0 radical (unpaired) electrons. The topological polar surface area (TPSA) is 98.7 Å². The Hall–Kier alpha value is -3.13. The molecule has 7 nitrogen and oxygen atoms in total. The highest BCUT2D eigenvalue weighted by atomic mass is 32.1. The van der Waals surface area contributed by atoms with Crippen LogP contribution in [0.3, 0.4) is 0 Å². The van der Waals surface area contributed by atoms with E-state index in [9.17, 15) is 19.5 Å². The predicted molar refractivity (Wildman–Crippen MR) is 105 cm³/mol. The van der Waals surface area contributed by atoms with E-state index < -0.39 is 0 Å². The van der Waals surface area contributed by atoms with Crippen molar-refractivity contribution in [3.8, 4) is 5.75 Å². The molecule has 1 heterocycles. The highest BCUT2D eigenvalue weighted by Crippen LogP contribution is 2.29. The van der Waals surface area contributed by atoms with Crippen LogP contribution in [0.15, 0.2) is 47.1 Å². The molecule has 0 saturated carbocycles. The summed E-state index contributed by atoms with van der Waals surface area (Å²) in [5.74, 6) is -0.681. The number of anilines is 1. The summed E-state index contributed by atoms with van der Waals surface area (Å²) in [6.07, 6.45) is 1.02. The Bertz CT molecular complexity index is 860. The summed E-state index contributed by atoms with van der Waals surface area (Å²) < 4.78 is 0. The first-order valence-corrected chi connectivity index (χ1v) is 9.02. The molecular weight excluding hydrogens is 366 g/mol. The number of nitrogens with zero attached hydrogens (tertiary/aromatic N) is 1. The lowest BCUT2D eigenvalue weighted by atomic mass is 10.1. The number of hydrogen-bond acceptors (Lipinski definition) is 7. The molecule has 1 atom stereocenters. The Kier molecular flexibility index (Phi) is 6.73. The summed E-state index contributed by atoms with van der Waals surface area (Å²) in [4.78, 5) is 37.5. The number of hydrogen-bond donors (Lipinski definition) is 3. The molecule has 3 N–H and O–H groups in total. The third kappa shape index (κ3) is 4.73. The van der Waals surface area contributed by atoms with Crippen molar-refractivity contribution < 1.29 is 19.5 Å². The van der Waals surface area contributed by atoms with Crippen LogP contribution in [0.5, 0.6) is 5.75 Å². The van der Waals surface area contributed by atoms with Gasteiger partial charge in [0.25, 0.3) is 5.91 Å². The molecule has 0 aliphatic carbocycles. The van der Waals surface area contributed by atoms with Crippen LogP contribution in [0.2, 0.25) is 0 Å². The van der Waals surface area contributed by atoms with E-state index >= 15 is 0 Å². The van der Waals surface area contributed by atoms with E-state index in [1.807, 2.05) is 24.4 Å². The van der Waals surface area contributed by atoms with Crippen LogP contribution in [-0.2, 0) is 9.59 Å². The van der Waals surface area contributed by atoms with Gasteiger partial charge in [0.1, 0.15) is 11.4 Å². The van der Waals surface area contributed by atoms with Crippen molar-refractivity contribution >= 4 is 35.5 Å². The third-order valence-electron chi connectivity index (χ3n) is 3.81. The number of para-hydroxylation sites is 1. The van der Waals surface area contributed by atoms with Crippen molar-refractivity contribution in [1.29, 1.82) is 0 Å². The number of aldehydes is 2. The van der Waals surface area contributed by atoms with Gasteiger partial charge in [0.15, 0.2) is 18.3 Å². The second-order valence-corrected chi connectivity index (χ2v) is 6.95. The average molecular weight is 387 g/mol. The van der Waals surface area contributed by atoms with Gasteiger partial charge in [0, 0.05) is 19.0 Å². The van der Waals surface area contributed by atoms with Gasteiger partial charge in [0.2, 0.25) is 0 Å². The van der Waals surface area contributed by atoms with Gasteiger partial charge in [-0.25, -0.2) is 0 Å². The molecule has 1 amide bonds. The molecule has 27 heavy (non-hydrogen) atoms. The van der Waals surface area contributed by atoms with E-state index in [4.69, 9.17) is 0 Å². The van der Waals surface area contributed by atoms with E-state index in [1.165, 1.54) is 28.4 Å². The normalized spacial score (nSPS) is 12.6. The second kappa shape index (κ2) is 9.00. The molecule has 0 bridgehead atoms.